The van der Waals surface area contributed by atoms with Gasteiger partial charge in [-0.2, -0.15) is 4.98 Å². The molecule has 1 aromatic heterocycles. The second-order valence-electron chi connectivity index (χ2n) is 11.1. The van der Waals surface area contributed by atoms with Crippen LogP contribution in [0.4, 0.5) is 28.8 Å². The molecular formula is C33H44N6. The Morgan fingerprint density at radius 3 is 2.26 bits per heavy atom. The number of fused-ring (bicyclic) bond motifs is 1. The molecule has 0 amide bonds. The minimum absolute atomic E-state index is 0.405. The van der Waals surface area contributed by atoms with Crippen molar-refractivity contribution in [1.82, 2.24) is 9.97 Å². The van der Waals surface area contributed by atoms with Gasteiger partial charge in [0.25, 0.3) is 0 Å². The lowest BCUT2D eigenvalue weighted by Gasteiger charge is -2.45. The molecule has 206 valence electrons. The zero-order valence-electron chi connectivity index (χ0n) is 24.2. The molecule has 3 aromatic rings. The van der Waals surface area contributed by atoms with Crippen LogP contribution in [0.2, 0.25) is 0 Å². The smallest absolute Gasteiger partial charge is 0.229 e. The Kier molecular flexibility index (Phi) is 8.39. The van der Waals surface area contributed by atoms with Crippen molar-refractivity contribution in [2.75, 3.05) is 33.1 Å². The van der Waals surface area contributed by atoms with E-state index in [1.54, 1.807) is 0 Å². The van der Waals surface area contributed by atoms with E-state index >= 15 is 0 Å². The summed E-state index contributed by atoms with van der Waals surface area (Å²) < 4.78 is 0. The quantitative estimate of drug-likeness (QED) is 0.305. The summed E-state index contributed by atoms with van der Waals surface area (Å²) in [5, 5.41) is 3.47. The fourth-order valence-corrected chi connectivity index (χ4v) is 6.25. The van der Waals surface area contributed by atoms with E-state index in [1.165, 1.54) is 54.6 Å². The number of benzene rings is 2. The second kappa shape index (κ2) is 12.1. The Labute approximate surface area is 234 Å². The fourth-order valence-electron chi connectivity index (χ4n) is 6.25. The number of hydrogen-bond acceptors (Lipinski definition) is 6. The molecule has 0 spiro atoms. The van der Waals surface area contributed by atoms with Crippen LogP contribution in [0.1, 0.15) is 75.5 Å². The Hall–Kier alpha value is -3.54. The SMILES string of the molecule is C=C1N(c2c(C)cccc2C)Cc2cnc(Nc3ccc(N(CCC)CCC)cc3)nc2N1C1CCCCC1. The van der Waals surface area contributed by atoms with Crippen molar-refractivity contribution in [3.63, 3.8) is 0 Å². The number of aromatic nitrogens is 2. The molecular weight excluding hydrogens is 480 g/mol. The van der Waals surface area contributed by atoms with Crippen LogP contribution in [0.15, 0.2) is 61.1 Å². The number of anilines is 5. The Morgan fingerprint density at radius 1 is 0.949 bits per heavy atom. The van der Waals surface area contributed by atoms with Crippen LogP contribution >= 0.6 is 0 Å². The van der Waals surface area contributed by atoms with Gasteiger partial charge in [-0.25, -0.2) is 4.98 Å². The second-order valence-corrected chi connectivity index (χ2v) is 11.1. The van der Waals surface area contributed by atoms with Gasteiger partial charge in [0, 0.05) is 48.0 Å². The molecule has 0 radical (unpaired) electrons. The van der Waals surface area contributed by atoms with Crippen molar-refractivity contribution in [2.45, 2.75) is 85.2 Å². The lowest BCUT2D eigenvalue weighted by molar-refractivity contribution is 0.421. The molecule has 0 unspecified atom stereocenters. The van der Waals surface area contributed by atoms with E-state index in [-0.39, 0.29) is 0 Å². The topological polar surface area (TPSA) is 47.5 Å². The summed E-state index contributed by atoms with van der Waals surface area (Å²) >= 11 is 0. The minimum Gasteiger partial charge on any atom is -0.372 e. The molecule has 6 heteroatoms. The van der Waals surface area contributed by atoms with Gasteiger partial charge in [0.2, 0.25) is 5.95 Å². The molecule has 1 aliphatic heterocycles. The Bertz CT molecular complexity index is 1250. The van der Waals surface area contributed by atoms with Gasteiger partial charge in [-0.15, -0.1) is 0 Å². The molecule has 0 saturated heterocycles. The third-order valence-corrected chi connectivity index (χ3v) is 8.11. The highest BCUT2D eigenvalue weighted by molar-refractivity contribution is 5.71. The first-order chi connectivity index (χ1) is 19.0. The molecule has 1 aliphatic carbocycles. The van der Waals surface area contributed by atoms with Crippen molar-refractivity contribution in [3.05, 3.63) is 77.8 Å². The van der Waals surface area contributed by atoms with Crippen molar-refractivity contribution >= 4 is 28.8 Å². The number of nitrogens with zero attached hydrogens (tertiary/aromatic N) is 5. The normalized spacial score (nSPS) is 15.8. The number of rotatable bonds is 9. The van der Waals surface area contributed by atoms with Crippen LogP contribution in [0.3, 0.4) is 0 Å². The largest absolute Gasteiger partial charge is 0.372 e. The summed E-state index contributed by atoms with van der Waals surface area (Å²) in [4.78, 5) is 17.1. The van der Waals surface area contributed by atoms with E-state index in [2.05, 4.69) is 96.8 Å². The number of para-hydroxylation sites is 1. The fraction of sp³-hybridized carbons (Fsp3) is 0.455. The van der Waals surface area contributed by atoms with Crippen LogP contribution < -0.4 is 20.0 Å². The average molecular weight is 525 g/mol. The third-order valence-electron chi connectivity index (χ3n) is 8.11. The first-order valence-electron chi connectivity index (χ1n) is 14.8. The number of nitrogens with one attached hydrogen (secondary N) is 1. The monoisotopic (exact) mass is 524 g/mol. The maximum atomic E-state index is 5.11. The minimum atomic E-state index is 0.405. The highest BCUT2D eigenvalue weighted by Crippen LogP contribution is 2.41. The maximum absolute atomic E-state index is 5.11. The summed E-state index contributed by atoms with van der Waals surface area (Å²) in [6.07, 6.45) is 10.4. The van der Waals surface area contributed by atoms with Crippen LogP contribution in [0, 0.1) is 13.8 Å². The van der Waals surface area contributed by atoms with Crippen molar-refractivity contribution in [2.24, 2.45) is 0 Å². The van der Waals surface area contributed by atoms with E-state index in [0.29, 0.717) is 12.0 Å². The summed E-state index contributed by atoms with van der Waals surface area (Å²) in [6, 6.07) is 15.6. The Morgan fingerprint density at radius 2 is 1.62 bits per heavy atom. The van der Waals surface area contributed by atoms with E-state index < -0.39 is 0 Å². The maximum Gasteiger partial charge on any atom is 0.229 e. The molecule has 2 heterocycles. The van der Waals surface area contributed by atoms with Crippen molar-refractivity contribution in [3.8, 4) is 0 Å². The highest BCUT2D eigenvalue weighted by atomic mass is 15.4. The van der Waals surface area contributed by atoms with Gasteiger partial charge in [0.15, 0.2) is 0 Å². The molecule has 2 aliphatic rings. The molecule has 5 rings (SSSR count). The third kappa shape index (κ3) is 5.75. The molecule has 1 saturated carbocycles. The predicted octanol–water partition coefficient (Wildman–Crippen LogP) is 8.09. The van der Waals surface area contributed by atoms with E-state index in [9.17, 15) is 0 Å². The van der Waals surface area contributed by atoms with Crippen molar-refractivity contribution in [1.29, 1.82) is 0 Å². The molecule has 0 bridgehead atoms. The van der Waals surface area contributed by atoms with E-state index in [0.717, 1.165) is 55.4 Å². The molecule has 0 atom stereocenters. The van der Waals surface area contributed by atoms with Gasteiger partial charge in [0.05, 0.1) is 6.54 Å². The van der Waals surface area contributed by atoms with Gasteiger partial charge >= 0.3 is 0 Å². The first-order valence-corrected chi connectivity index (χ1v) is 14.8. The van der Waals surface area contributed by atoms with Crippen molar-refractivity contribution < 1.29 is 0 Å². The zero-order chi connectivity index (χ0) is 27.4. The molecule has 6 nitrogen and oxygen atoms in total. The lowest BCUT2D eigenvalue weighted by atomic mass is 9.93. The van der Waals surface area contributed by atoms with Crippen LogP contribution in [0.5, 0.6) is 0 Å². The predicted molar refractivity (Wildman–Crippen MR) is 165 cm³/mol. The average Bonchev–Trinajstić information content (AvgIpc) is 2.94. The van der Waals surface area contributed by atoms with Gasteiger partial charge in [-0.05, 0) is 74.9 Å². The molecule has 39 heavy (non-hydrogen) atoms. The lowest BCUT2D eigenvalue weighted by Crippen LogP contribution is -2.47. The number of hydrogen-bond donors (Lipinski definition) is 1. The number of aryl methyl sites for hydroxylation is 2. The van der Waals surface area contributed by atoms with E-state index in [4.69, 9.17) is 9.97 Å². The van der Waals surface area contributed by atoms with Gasteiger partial charge < -0.3 is 20.0 Å². The standard InChI is InChI=1S/C33H44N6/c1-6-20-37(21-7-2)29-18-16-28(17-19-29)35-33-34-22-27-23-38(31-24(3)12-11-13-25(31)4)26(5)39(32(27)36-33)30-14-9-8-10-15-30/h11-13,16-19,22,30H,5-10,14-15,20-21,23H2,1-4H3,(H,34,35,36). The van der Waals surface area contributed by atoms with Crippen LogP contribution in [-0.4, -0.2) is 29.1 Å². The highest BCUT2D eigenvalue weighted by Gasteiger charge is 2.35. The summed E-state index contributed by atoms with van der Waals surface area (Å²) in [6.45, 7) is 16.4. The Balaban J connectivity index is 1.44. The summed E-state index contributed by atoms with van der Waals surface area (Å²) in [5.41, 5.74) is 7.19. The summed E-state index contributed by atoms with van der Waals surface area (Å²) in [5.74, 6) is 2.66. The zero-order valence-corrected chi connectivity index (χ0v) is 24.2. The van der Waals surface area contributed by atoms with Crippen LogP contribution in [-0.2, 0) is 6.54 Å². The molecule has 1 N–H and O–H groups in total. The van der Waals surface area contributed by atoms with Gasteiger partial charge in [-0.1, -0.05) is 57.9 Å². The molecule has 1 fully saturated rings. The van der Waals surface area contributed by atoms with E-state index in [1.807, 2.05) is 6.20 Å². The van der Waals surface area contributed by atoms with Gasteiger partial charge in [0.1, 0.15) is 11.6 Å². The molecule has 2 aromatic carbocycles. The van der Waals surface area contributed by atoms with Crippen LogP contribution in [0.25, 0.3) is 0 Å². The van der Waals surface area contributed by atoms with Gasteiger partial charge in [-0.3, -0.25) is 0 Å². The first kappa shape index (κ1) is 27.0. The summed E-state index contributed by atoms with van der Waals surface area (Å²) in [7, 11) is 0.